The maximum absolute atomic E-state index is 3.65. The van der Waals surface area contributed by atoms with Crippen LogP contribution in [0, 0.1) is 29.1 Å². The van der Waals surface area contributed by atoms with Gasteiger partial charge in [-0.1, -0.05) is 41.5 Å². The predicted molar refractivity (Wildman–Crippen MR) is 81.8 cm³/mol. The zero-order chi connectivity index (χ0) is 13.8. The van der Waals surface area contributed by atoms with E-state index in [0.717, 1.165) is 23.7 Å². The molecule has 1 aliphatic carbocycles. The molecule has 0 saturated heterocycles. The number of hydrogen-bond donors (Lipinski definition) is 1. The minimum Gasteiger partial charge on any atom is -0.316 e. The van der Waals surface area contributed by atoms with Crippen LogP contribution in [0.2, 0.25) is 0 Å². The normalized spacial score (nSPS) is 29.8. The molecule has 0 aromatic carbocycles. The molecule has 18 heavy (non-hydrogen) atoms. The minimum atomic E-state index is 0.464. The van der Waals surface area contributed by atoms with E-state index < -0.39 is 0 Å². The largest absolute Gasteiger partial charge is 0.316 e. The highest BCUT2D eigenvalue weighted by molar-refractivity contribution is 4.88. The molecule has 0 radical (unpaired) electrons. The second-order valence-electron chi connectivity index (χ2n) is 7.75. The Morgan fingerprint density at radius 3 is 2.33 bits per heavy atom. The molecular weight excluding hydrogens is 218 g/mol. The van der Waals surface area contributed by atoms with E-state index in [9.17, 15) is 0 Å². The molecule has 0 aromatic rings. The Kier molecular flexibility index (Phi) is 6.17. The van der Waals surface area contributed by atoms with Crippen molar-refractivity contribution in [3.63, 3.8) is 0 Å². The van der Waals surface area contributed by atoms with E-state index in [-0.39, 0.29) is 0 Å². The van der Waals surface area contributed by atoms with Crippen molar-refractivity contribution in [2.45, 2.75) is 67.2 Å². The molecule has 0 spiro atoms. The molecule has 3 atom stereocenters. The molecule has 1 nitrogen and oxygen atoms in total. The zero-order valence-electron chi connectivity index (χ0n) is 13.6. The van der Waals surface area contributed by atoms with Crippen LogP contribution in [0.3, 0.4) is 0 Å². The fourth-order valence-corrected chi connectivity index (χ4v) is 3.64. The van der Waals surface area contributed by atoms with Gasteiger partial charge in [-0.2, -0.15) is 0 Å². The van der Waals surface area contributed by atoms with E-state index in [0.29, 0.717) is 5.41 Å². The predicted octanol–water partition coefficient (Wildman–Crippen LogP) is 4.72. The van der Waals surface area contributed by atoms with Gasteiger partial charge in [0.25, 0.3) is 0 Å². The quantitative estimate of drug-likeness (QED) is 0.699. The van der Waals surface area contributed by atoms with Gasteiger partial charge in [-0.05, 0) is 67.9 Å². The molecule has 0 heterocycles. The summed E-state index contributed by atoms with van der Waals surface area (Å²) in [6.45, 7) is 16.8. The van der Waals surface area contributed by atoms with Gasteiger partial charge < -0.3 is 5.32 Å². The van der Waals surface area contributed by atoms with Crippen molar-refractivity contribution >= 4 is 0 Å². The van der Waals surface area contributed by atoms with Crippen LogP contribution >= 0.6 is 0 Å². The molecular formula is C17H35N. The summed E-state index contributed by atoms with van der Waals surface area (Å²) < 4.78 is 0. The summed E-state index contributed by atoms with van der Waals surface area (Å²) in [6.07, 6.45) is 5.57. The lowest BCUT2D eigenvalue weighted by Gasteiger charge is -2.44. The number of rotatable bonds is 5. The Balaban J connectivity index is 2.60. The molecule has 1 heteroatoms. The Labute approximate surface area is 115 Å². The van der Waals surface area contributed by atoms with Gasteiger partial charge in [0, 0.05) is 0 Å². The van der Waals surface area contributed by atoms with Crippen molar-refractivity contribution in [2.75, 3.05) is 13.1 Å². The average molecular weight is 253 g/mol. The Hall–Kier alpha value is -0.0400. The lowest BCUT2D eigenvalue weighted by molar-refractivity contribution is 0.0605. The standard InChI is InChI=1S/C17H35N/c1-7-10-18-12-15-9-8-14(13(2)3)11-16(15)17(4,5)6/h13-16,18H,7-12H2,1-6H3. The van der Waals surface area contributed by atoms with E-state index >= 15 is 0 Å². The monoisotopic (exact) mass is 253 g/mol. The van der Waals surface area contributed by atoms with Crippen molar-refractivity contribution < 1.29 is 0 Å². The summed E-state index contributed by atoms with van der Waals surface area (Å²) >= 11 is 0. The number of nitrogens with one attached hydrogen (secondary N) is 1. The summed E-state index contributed by atoms with van der Waals surface area (Å²) in [5, 5.41) is 3.65. The van der Waals surface area contributed by atoms with Crippen molar-refractivity contribution in [2.24, 2.45) is 29.1 Å². The molecule has 3 unspecified atom stereocenters. The summed E-state index contributed by atoms with van der Waals surface area (Å²) in [4.78, 5) is 0. The van der Waals surface area contributed by atoms with Gasteiger partial charge in [-0.15, -0.1) is 0 Å². The lowest BCUT2D eigenvalue weighted by Crippen LogP contribution is -2.40. The van der Waals surface area contributed by atoms with Gasteiger partial charge in [0.1, 0.15) is 0 Å². The first-order valence-electron chi connectivity index (χ1n) is 8.07. The van der Waals surface area contributed by atoms with E-state index in [1.807, 2.05) is 0 Å². The van der Waals surface area contributed by atoms with E-state index in [1.54, 1.807) is 0 Å². The Bertz CT molecular complexity index is 226. The summed E-state index contributed by atoms with van der Waals surface area (Å²) in [5.41, 5.74) is 0.464. The minimum absolute atomic E-state index is 0.464. The van der Waals surface area contributed by atoms with Crippen LogP contribution in [-0.4, -0.2) is 13.1 Å². The maximum atomic E-state index is 3.65. The van der Waals surface area contributed by atoms with Gasteiger partial charge in [0.2, 0.25) is 0 Å². The smallest absolute Gasteiger partial charge is 0.00177 e. The second-order valence-corrected chi connectivity index (χ2v) is 7.75. The molecule has 1 N–H and O–H groups in total. The van der Waals surface area contributed by atoms with Crippen LogP contribution in [0.1, 0.15) is 67.2 Å². The molecule has 1 rings (SSSR count). The summed E-state index contributed by atoms with van der Waals surface area (Å²) in [5.74, 6) is 3.60. The van der Waals surface area contributed by atoms with Crippen molar-refractivity contribution in [3.8, 4) is 0 Å². The first-order chi connectivity index (χ1) is 8.36. The third-order valence-electron chi connectivity index (χ3n) is 4.92. The third-order valence-corrected chi connectivity index (χ3v) is 4.92. The fraction of sp³-hybridized carbons (Fsp3) is 1.00. The molecule has 0 aromatic heterocycles. The van der Waals surface area contributed by atoms with Gasteiger partial charge in [0.05, 0.1) is 0 Å². The van der Waals surface area contributed by atoms with Crippen molar-refractivity contribution in [1.82, 2.24) is 5.32 Å². The van der Waals surface area contributed by atoms with Crippen molar-refractivity contribution in [3.05, 3.63) is 0 Å². The highest BCUT2D eigenvalue weighted by atomic mass is 14.9. The fourth-order valence-electron chi connectivity index (χ4n) is 3.64. The van der Waals surface area contributed by atoms with Crippen LogP contribution in [0.15, 0.2) is 0 Å². The zero-order valence-corrected chi connectivity index (χ0v) is 13.6. The van der Waals surface area contributed by atoms with Crippen LogP contribution < -0.4 is 5.32 Å². The molecule has 1 fully saturated rings. The topological polar surface area (TPSA) is 12.0 Å². The average Bonchev–Trinajstić information content (AvgIpc) is 2.28. The highest BCUT2D eigenvalue weighted by Crippen LogP contribution is 2.45. The molecule has 0 bridgehead atoms. The molecule has 1 saturated carbocycles. The van der Waals surface area contributed by atoms with Gasteiger partial charge in [0.15, 0.2) is 0 Å². The SMILES string of the molecule is CCCNCC1CCC(C(C)C)CC1C(C)(C)C. The Morgan fingerprint density at radius 1 is 1.17 bits per heavy atom. The lowest BCUT2D eigenvalue weighted by atomic mass is 9.62. The summed E-state index contributed by atoms with van der Waals surface area (Å²) in [6, 6.07) is 0. The van der Waals surface area contributed by atoms with Crippen LogP contribution in [0.5, 0.6) is 0 Å². The van der Waals surface area contributed by atoms with Gasteiger partial charge in [-0.25, -0.2) is 0 Å². The second kappa shape index (κ2) is 6.93. The Morgan fingerprint density at radius 2 is 1.83 bits per heavy atom. The van der Waals surface area contributed by atoms with Gasteiger partial charge in [-0.3, -0.25) is 0 Å². The van der Waals surface area contributed by atoms with Crippen LogP contribution in [0.25, 0.3) is 0 Å². The first-order valence-corrected chi connectivity index (χ1v) is 8.07. The summed E-state index contributed by atoms with van der Waals surface area (Å²) in [7, 11) is 0. The maximum Gasteiger partial charge on any atom is -0.00177 e. The molecule has 0 aliphatic heterocycles. The highest BCUT2D eigenvalue weighted by Gasteiger charge is 2.37. The van der Waals surface area contributed by atoms with Crippen LogP contribution in [0.4, 0.5) is 0 Å². The van der Waals surface area contributed by atoms with Crippen molar-refractivity contribution in [1.29, 1.82) is 0 Å². The van der Waals surface area contributed by atoms with E-state index in [2.05, 4.69) is 46.9 Å². The third kappa shape index (κ3) is 4.57. The van der Waals surface area contributed by atoms with Crippen LogP contribution in [-0.2, 0) is 0 Å². The molecule has 0 amide bonds. The molecule has 108 valence electrons. The molecule has 1 aliphatic rings. The van der Waals surface area contributed by atoms with Gasteiger partial charge >= 0.3 is 0 Å². The first kappa shape index (κ1) is 16.0. The number of hydrogen-bond acceptors (Lipinski definition) is 1. The van der Waals surface area contributed by atoms with E-state index in [1.165, 1.54) is 38.8 Å². The van der Waals surface area contributed by atoms with E-state index in [4.69, 9.17) is 0 Å².